The minimum atomic E-state index is -2.92. The molecule has 20 heavy (non-hydrogen) atoms. The molecule has 104 valence electrons. The highest BCUT2D eigenvalue weighted by molar-refractivity contribution is 7.74. The van der Waals surface area contributed by atoms with Crippen LogP contribution in [0.15, 0.2) is 48.5 Å². The van der Waals surface area contributed by atoms with Crippen LogP contribution < -0.4 is 4.31 Å². The summed E-state index contributed by atoms with van der Waals surface area (Å²) in [5, 5.41) is 8.97. The number of carboxylic acids is 1. The first-order chi connectivity index (χ1) is 9.49. The molecule has 0 spiro atoms. The van der Waals surface area contributed by atoms with E-state index in [2.05, 4.69) is 0 Å². The van der Waals surface area contributed by atoms with Gasteiger partial charge < -0.3 is 5.11 Å². The van der Waals surface area contributed by atoms with Crippen LogP contribution in [-0.4, -0.2) is 19.5 Å². The number of nitrogens with zero attached hydrogens (tertiary/aromatic N) is 1. The molecule has 0 atom stereocenters. The van der Waals surface area contributed by atoms with Crippen molar-refractivity contribution in [3.05, 3.63) is 59.7 Å². The first-order valence-corrected chi connectivity index (χ1v) is 6.96. The molecule has 0 aliphatic carbocycles. The van der Waals surface area contributed by atoms with Gasteiger partial charge in [0.25, 0.3) is 0 Å². The molecule has 0 heterocycles. The normalized spacial score (nSPS) is 10.5. The summed E-state index contributed by atoms with van der Waals surface area (Å²) in [6.07, 6.45) is 0. The van der Waals surface area contributed by atoms with Gasteiger partial charge in [0.05, 0.1) is 16.9 Å². The predicted molar refractivity (Wildman–Crippen MR) is 77.0 cm³/mol. The Morgan fingerprint density at radius 3 is 2.25 bits per heavy atom. The van der Waals surface area contributed by atoms with E-state index >= 15 is 0 Å². The van der Waals surface area contributed by atoms with Gasteiger partial charge in [0.1, 0.15) is 0 Å². The number of thiol groups is 1. The second-order valence-electron chi connectivity index (χ2n) is 4.24. The number of aryl methyl sites for hydroxylation is 1. The Bertz CT molecular complexity index is 699. The van der Waals surface area contributed by atoms with Crippen LogP contribution in [0, 0.1) is 6.92 Å². The van der Waals surface area contributed by atoms with Crippen LogP contribution in [0.25, 0.3) is 0 Å². The monoisotopic (exact) mass is 291 g/mol. The van der Waals surface area contributed by atoms with Crippen molar-refractivity contribution in [3.63, 3.8) is 0 Å². The number of hydrogen-bond acceptors (Lipinski definition) is 3. The summed E-state index contributed by atoms with van der Waals surface area (Å²) in [6.45, 7) is 1.90. The van der Waals surface area contributed by atoms with Crippen molar-refractivity contribution < 1.29 is 18.3 Å². The highest BCUT2D eigenvalue weighted by atomic mass is 32.2. The van der Waals surface area contributed by atoms with Crippen LogP contribution in [0.2, 0.25) is 0 Å². The molecule has 5 nitrogen and oxygen atoms in total. The lowest BCUT2D eigenvalue weighted by molar-refractivity contribution is 0.0697. The second-order valence-corrected chi connectivity index (χ2v) is 5.12. The van der Waals surface area contributed by atoms with E-state index < -0.39 is 16.9 Å². The third-order valence-electron chi connectivity index (χ3n) is 2.78. The van der Waals surface area contributed by atoms with E-state index in [1.165, 1.54) is 18.2 Å². The Balaban J connectivity index is 2.51. The van der Waals surface area contributed by atoms with Crippen molar-refractivity contribution in [3.8, 4) is 0 Å². The topological polar surface area (TPSA) is 74.7 Å². The average molecular weight is 291 g/mol. The van der Waals surface area contributed by atoms with Crippen molar-refractivity contribution in [2.45, 2.75) is 6.92 Å². The van der Waals surface area contributed by atoms with Crippen LogP contribution in [0.1, 0.15) is 15.9 Å². The van der Waals surface area contributed by atoms with Gasteiger partial charge in [0.2, 0.25) is 10.9 Å². The number of carboxylic acid groups (broad SMARTS) is 1. The molecule has 2 aromatic carbocycles. The molecule has 2 aromatic rings. The Kier molecular flexibility index (Phi) is 4.05. The van der Waals surface area contributed by atoms with Gasteiger partial charge in [-0.05, 0) is 37.3 Å². The lowest BCUT2D eigenvalue weighted by atomic mass is 10.2. The zero-order chi connectivity index (χ0) is 14.7. The summed E-state index contributed by atoms with van der Waals surface area (Å²) in [6, 6.07) is 12.7. The molecular formula is C14H13NO4S. The molecule has 2 rings (SSSR count). The standard InChI is InChI=1S/C14H13NO4S/c1-10-5-7-12(8-6-10)15(20(18)19)13-4-2-3-11(9-13)14(16)17/h2-9,20H,1H3,(H,16,17). The zero-order valence-electron chi connectivity index (χ0n) is 10.7. The average Bonchev–Trinajstić information content (AvgIpc) is 2.41. The number of anilines is 2. The van der Waals surface area contributed by atoms with Gasteiger partial charge in [-0.15, -0.1) is 0 Å². The van der Waals surface area contributed by atoms with Crippen molar-refractivity contribution in [2.24, 2.45) is 0 Å². The van der Waals surface area contributed by atoms with E-state index in [0.29, 0.717) is 11.4 Å². The maximum atomic E-state index is 11.5. The number of carbonyl (C=O) groups is 1. The van der Waals surface area contributed by atoms with Crippen molar-refractivity contribution in [1.82, 2.24) is 0 Å². The molecule has 6 heteroatoms. The van der Waals surface area contributed by atoms with Crippen molar-refractivity contribution in [2.75, 3.05) is 4.31 Å². The summed E-state index contributed by atoms with van der Waals surface area (Å²) in [4.78, 5) is 11.0. The maximum absolute atomic E-state index is 11.5. The van der Waals surface area contributed by atoms with E-state index in [9.17, 15) is 13.2 Å². The molecule has 0 saturated carbocycles. The minimum absolute atomic E-state index is 0.0384. The molecule has 0 fully saturated rings. The van der Waals surface area contributed by atoms with Gasteiger partial charge in [-0.1, -0.05) is 23.8 Å². The lowest BCUT2D eigenvalue weighted by Gasteiger charge is -2.18. The lowest BCUT2D eigenvalue weighted by Crippen LogP contribution is -2.15. The van der Waals surface area contributed by atoms with E-state index in [0.717, 1.165) is 9.87 Å². The highest BCUT2D eigenvalue weighted by Crippen LogP contribution is 2.26. The summed E-state index contributed by atoms with van der Waals surface area (Å²) in [5.74, 6) is -1.10. The molecule has 1 N–H and O–H groups in total. The quantitative estimate of drug-likeness (QED) is 0.848. The largest absolute Gasteiger partial charge is 0.478 e. The third kappa shape index (κ3) is 2.97. The summed E-state index contributed by atoms with van der Waals surface area (Å²) < 4.78 is 24.0. The molecule has 0 amide bonds. The Morgan fingerprint density at radius 1 is 1.05 bits per heavy atom. The first-order valence-electron chi connectivity index (χ1n) is 5.83. The predicted octanol–water partition coefficient (Wildman–Crippen LogP) is 2.36. The number of aromatic carboxylic acids is 1. The van der Waals surface area contributed by atoms with Crippen molar-refractivity contribution in [1.29, 1.82) is 0 Å². The zero-order valence-corrected chi connectivity index (χ0v) is 11.6. The fraction of sp³-hybridized carbons (Fsp3) is 0.0714. The van der Waals surface area contributed by atoms with E-state index in [4.69, 9.17) is 5.11 Å². The van der Waals surface area contributed by atoms with Gasteiger partial charge >= 0.3 is 5.97 Å². The fourth-order valence-electron chi connectivity index (χ4n) is 1.79. The van der Waals surface area contributed by atoms with Crippen molar-refractivity contribution >= 4 is 28.2 Å². The Morgan fingerprint density at radius 2 is 1.70 bits per heavy atom. The third-order valence-corrected chi connectivity index (χ3v) is 3.57. The molecular weight excluding hydrogens is 278 g/mol. The van der Waals surface area contributed by atoms with Gasteiger partial charge in [0.15, 0.2) is 0 Å². The molecule has 0 bridgehead atoms. The number of benzene rings is 2. The molecule has 0 radical (unpaired) electrons. The van der Waals surface area contributed by atoms with E-state index in [1.54, 1.807) is 30.3 Å². The summed E-state index contributed by atoms with van der Waals surface area (Å²) >= 11 is 0. The molecule has 0 aromatic heterocycles. The minimum Gasteiger partial charge on any atom is -0.478 e. The number of rotatable bonds is 4. The summed E-state index contributed by atoms with van der Waals surface area (Å²) in [7, 11) is -2.92. The Hall–Kier alpha value is -2.34. The van der Waals surface area contributed by atoms with Gasteiger partial charge in [0, 0.05) is 0 Å². The number of hydrogen-bond donors (Lipinski definition) is 2. The highest BCUT2D eigenvalue weighted by Gasteiger charge is 2.13. The fourth-order valence-corrected chi connectivity index (χ4v) is 2.43. The molecule has 0 saturated heterocycles. The van der Waals surface area contributed by atoms with Crippen LogP contribution in [0.3, 0.4) is 0 Å². The smallest absolute Gasteiger partial charge is 0.335 e. The molecule has 0 aliphatic rings. The van der Waals surface area contributed by atoms with Gasteiger partial charge in [-0.2, -0.15) is 0 Å². The van der Waals surface area contributed by atoms with Gasteiger partial charge in [-0.25, -0.2) is 17.5 Å². The first kappa shape index (κ1) is 14.1. The van der Waals surface area contributed by atoms with Crippen LogP contribution >= 0.6 is 0 Å². The van der Waals surface area contributed by atoms with Crippen LogP contribution in [0.4, 0.5) is 11.4 Å². The van der Waals surface area contributed by atoms with Crippen LogP contribution in [-0.2, 0) is 10.9 Å². The van der Waals surface area contributed by atoms with E-state index in [-0.39, 0.29) is 5.56 Å². The molecule has 0 unspecified atom stereocenters. The van der Waals surface area contributed by atoms with Gasteiger partial charge in [-0.3, -0.25) is 0 Å². The van der Waals surface area contributed by atoms with E-state index in [1.807, 2.05) is 6.92 Å². The summed E-state index contributed by atoms with van der Waals surface area (Å²) in [5.41, 5.74) is 1.81. The maximum Gasteiger partial charge on any atom is 0.335 e. The molecule has 0 aliphatic heterocycles. The SMILES string of the molecule is Cc1ccc(N(c2cccc(C(=O)O)c2)[SH](=O)=O)cc1. The van der Waals surface area contributed by atoms with Crippen LogP contribution in [0.5, 0.6) is 0 Å². The second kappa shape index (κ2) is 5.75. The Labute approximate surface area is 118 Å².